The number of anilines is 1. The average molecular weight is 521 g/mol. The number of amides is 2. The molecule has 0 saturated carbocycles. The van der Waals surface area contributed by atoms with E-state index >= 15 is 0 Å². The van der Waals surface area contributed by atoms with E-state index in [-0.39, 0.29) is 6.03 Å². The molecule has 6 nitrogen and oxygen atoms in total. The molecule has 0 bridgehead atoms. The third-order valence-corrected chi connectivity index (χ3v) is 6.81. The molecule has 1 fully saturated rings. The highest BCUT2D eigenvalue weighted by Gasteiger charge is 2.42. The van der Waals surface area contributed by atoms with E-state index in [9.17, 15) is 9.59 Å². The lowest BCUT2D eigenvalue weighted by molar-refractivity contribution is 0.0331. The van der Waals surface area contributed by atoms with Crippen molar-refractivity contribution in [3.05, 3.63) is 43.4 Å². The first-order chi connectivity index (χ1) is 12.5. The lowest BCUT2D eigenvalue weighted by Gasteiger charge is -2.19. The number of allylic oxidation sites excluding steroid dienone is 1. The fourth-order valence-corrected chi connectivity index (χ4v) is 5.01. The molecule has 1 atom stereocenters. The number of unbranched alkanes of at least 4 members (excludes halogenated alkanes) is 1. The van der Waals surface area contributed by atoms with Crippen molar-refractivity contribution in [1.82, 2.24) is 9.88 Å². The SMILES string of the molecule is C=CCCCN1CC(OC(=O)c2cc(Br)cs2)N(c2ncc(Br)s2)C1=O. The number of halogens is 2. The Morgan fingerprint density at radius 1 is 1.50 bits per heavy atom. The van der Waals surface area contributed by atoms with Gasteiger partial charge in [0.1, 0.15) is 4.88 Å². The number of esters is 1. The van der Waals surface area contributed by atoms with Crippen molar-refractivity contribution in [3.8, 4) is 0 Å². The first-order valence-electron chi connectivity index (χ1n) is 7.75. The Kier molecular flexibility index (Phi) is 6.49. The fourth-order valence-electron chi connectivity index (χ4n) is 2.49. The van der Waals surface area contributed by atoms with Crippen LogP contribution >= 0.6 is 54.5 Å². The maximum absolute atomic E-state index is 12.8. The number of hydrogen-bond acceptors (Lipinski definition) is 6. The summed E-state index contributed by atoms with van der Waals surface area (Å²) in [6.45, 7) is 4.59. The van der Waals surface area contributed by atoms with Crippen molar-refractivity contribution in [2.75, 3.05) is 18.0 Å². The van der Waals surface area contributed by atoms with Crippen LogP contribution in [0.2, 0.25) is 0 Å². The van der Waals surface area contributed by atoms with E-state index in [0.717, 1.165) is 21.1 Å². The highest BCUT2D eigenvalue weighted by molar-refractivity contribution is 9.11. The Bertz CT molecular complexity index is 823. The minimum atomic E-state index is -0.711. The quantitative estimate of drug-likeness (QED) is 0.289. The molecular formula is C16H15Br2N3O3S2. The molecule has 0 N–H and O–H groups in total. The summed E-state index contributed by atoms with van der Waals surface area (Å²) in [5, 5.41) is 2.31. The van der Waals surface area contributed by atoms with Gasteiger partial charge in [-0.2, -0.15) is 0 Å². The molecule has 3 heterocycles. The predicted molar refractivity (Wildman–Crippen MR) is 110 cm³/mol. The lowest BCUT2D eigenvalue weighted by atomic mass is 10.3. The maximum atomic E-state index is 12.8. The Morgan fingerprint density at radius 2 is 2.31 bits per heavy atom. The van der Waals surface area contributed by atoms with Gasteiger partial charge in [-0.3, -0.25) is 0 Å². The van der Waals surface area contributed by atoms with E-state index in [1.54, 1.807) is 17.2 Å². The van der Waals surface area contributed by atoms with Gasteiger partial charge in [0.15, 0.2) is 5.13 Å². The van der Waals surface area contributed by atoms with Crippen molar-refractivity contribution in [3.63, 3.8) is 0 Å². The second-order valence-electron chi connectivity index (χ2n) is 5.47. The van der Waals surface area contributed by atoms with Gasteiger partial charge in [-0.15, -0.1) is 17.9 Å². The van der Waals surface area contributed by atoms with Crippen molar-refractivity contribution in [2.24, 2.45) is 0 Å². The molecule has 1 saturated heterocycles. The number of carbonyl (C=O) groups is 2. The molecule has 2 aromatic heterocycles. The van der Waals surface area contributed by atoms with Gasteiger partial charge in [-0.25, -0.2) is 19.5 Å². The molecule has 26 heavy (non-hydrogen) atoms. The second kappa shape index (κ2) is 8.64. The fraction of sp³-hybridized carbons (Fsp3) is 0.312. The maximum Gasteiger partial charge on any atom is 0.350 e. The van der Waals surface area contributed by atoms with Crippen LogP contribution < -0.4 is 4.90 Å². The van der Waals surface area contributed by atoms with Crippen LogP contribution in [0.1, 0.15) is 22.5 Å². The number of thiophene rings is 1. The van der Waals surface area contributed by atoms with Gasteiger partial charge in [0.05, 0.1) is 16.5 Å². The average Bonchev–Trinajstić information content (AvgIpc) is 3.28. The summed E-state index contributed by atoms with van der Waals surface area (Å²) in [6, 6.07) is 1.50. The molecular weight excluding hydrogens is 506 g/mol. The molecule has 1 aliphatic heterocycles. The Hall–Kier alpha value is -1.23. The highest BCUT2D eigenvalue weighted by Crippen LogP contribution is 2.33. The van der Waals surface area contributed by atoms with Crippen LogP contribution in [-0.2, 0) is 4.74 Å². The number of rotatable bonds is 7. The number of thiazole rings is 1. The summed E-state index contributed by atoms with van der Waals surface area (Å²) < 4.78 is 7.27. The summed E-state index contributed by atoms with van der Waals surface area (Å²) in [4.78, 5) is 33.1. The standard InChI is InChI=1S/C16H15Br2N3O3S2/c1-2-3-4-5-20-8-13(24-14(22)11-6-10(17)9-25-11)21(16(20)23)15-19-7-12(18)26-15/h2,6-7,9,13H,1,3-5,8H2. The third kappa shape index (κ3) is 4.36. The molecule has 0 radical (unpaired) electrons. The Morgan fingerprint density at radius 3 is 2.92 bits per heavy atom. The van der Waals surface area contributed by atoms with Gasteiger partial charge >= 0.3 is 12.0 Å². The van der Waals surface area contributed by atoms with Crippen LogP contribution in [0.15, 0.2) is 38.6 Å². The molecule has 10 heteroatoms. The van der Waals surface area contributed by atoms with Gasteiger partial charge in [-0.05, 0) is 50.8 Å². The number of carbonyl (C=O) groups excluding carboxylic acids is 2. The summed E-state index contributed by atoms with van der Waals surface area (Å²) in [5.41, 5.74) is 0. The zero-order valence-electron chi connectivity index (χ0n) is 13.6. The number of nitrogens with zero attached hydrogens (tertiary/aromatic N) is 3. The van der Waals surface area contributed by atoms with Crippen LogP contribution in [-0.4, -0.2) is 41.2 Å². The van der Waals surface area contributed by atoms with Crippen LogP contribution in [0.3, 0.4) is 0 Å². The van der Waals surface area contributed by atoms with Gasteiger partial charge in [0.25, 0.3) is 0 Å². The van der Waals surface area contributed by atoms with E-state index in [4.69, 9.17) is 4.74 Å². The molecule has 1 aliphatic rings. The molecule has 2 aromatic rings. The summed E-state index contributed by atoms with van der Waals surface area (Å²) >= 11 is 9.30. The van der Waals surface area contributed by atoms with Gasteiger partial charge in [0.2, 0.25) is 6.23 Å². The summed E-state index contributed by atoms with van der Waals surface area (Å²) in [5.74, 6) is -0.452. The third-order valence-electron chi connectivity index (χ3n) is 3.66. The molecule has 0 aromatic carbocycles. The van der Waals surface area contributed by atoms with E-state index < -0.39 is 12.2 Å². The van der Waals surface area contributed by atoms with Gasteiger partial charge < -0.3 is 9.64 Å². The van der Waals surface area contributed by atoms with E-state index in [1.807, 2.05) is 11.5 Å². The normalized spacial score (nSPS) is 17.0. The minimum absolute atomic E-state index is 0.207. The molecule has 0 spiro atoms. The Balaban J connectivity index is 1.78. The lowest BCUT2D eigenvalue weighted by Crippen LogP contribution is -2.37. The van der Waals surface area contributed by atoms with Crippen LogP contribution in [0.25, 0.3) is 0 Å². The number of urea groups is 1. The Labute approximate surface area is 175 Å². The van der Waals surface area contributed by atoms with Crippen LogP contribution in [0.4, 0.5) is 9.93 Å². The molecule has 1 unspecified atom stereocenters. The predicted octanol–water partition coefficient (Wildman–Crippen LogP) is 5.12. The van der Waals surface area contributed by atoms with Crippen molar-refractivity contribution in [1.29, 1.82) is 0 Å². The second-order valence-corrected chi connectivity index (χ2v) is 9.68. The monoisotopic (exact) mass is 519 g/mol. The molecule has 138 valence electrons. The van der Waals surface area contributed by atoms with Crippen molar-refractivity contribution >= 4 is 71.7 Å². The molecule has 3 rings (SSSR count). The van der Waals surface area contributed by atoms with E-state index in [1.165, 1.54) is 27.6 Å². The molecule has 0 aliphatic carbocycles. The largest absolute Gasteiger partial charge is 0.435 e. The first kappa shape index (κ1) is 19.5. The van der Waals surface area contributed by atoms with E-state index in [2.05, 4.69) is 43.4 Å². The minimum Gasteiger partial charge on any atom is -0.435 e. The van der Waals surface area contributed by atoms with Gasteiger partial charge in [-0.1, -0.05) is 17.4 Å². The zero-order chi connectivity index (χ0) is 18.7. The van der Waals surface area contributed by atoms with Crippen molar-refractivity contribution < 1.29 is 14.3 Å². The highest BCUT2D eigenvalue weighted by atomic mass is 79.9. The van der Waals surface area contributed by atoms with Gasteiger partial charge in [0, 0.05) is 16.4 Å². The number of aromatic nitrogens is 1. The van der Waals surface area contributed by atoms with Crippen molar-refractivity contribution in [2.45, 2.75) is 19.1 Å². The van der Waals surface area contributed by atoms with Crippen LogP contribution in [0.5, 0.6) is 0 Å². The number of hydrogen-bond donors (Lipinski definition) is 0. The first-order valence-corrected chi connectivity index (χ1v) is 11.0. The van der Waals surface area contributed by atoms with E-state index in [0.29, 0.717) is 23.1 Å². The topological polar surface area (TPSA) is 62.7 Å². The van der Waals surface area contributed by atoms with Crippen LogP contribution in [0, 0.1) is 0 Å². The summed E-state index contributed by atoms with van der Waals surface area (Å²) in [7, 11) is 0. The number of ether oxygens (including phenoxy) is 1. The summed E-state index contributed by atoms with van der Waals surface area (Å²) in [6.07, 6.45) is 4.37. The smallest absolute Gasteiger partial charge is 0.350 e. The zero-order valence-corrected chi connectivity index (χ0v) is 18.4. The molecule has 2 amide bonds.